The summed E-state index contributed by atoms with van der Waals surface area (Å²) < 4.78 is 13.3. The number of aromatic nitrogens is 1. The maximum atomic E-state index is 13.9. The maximum absolute atomic E-state index is 13.9. The molecule has 0 saturated carbocycles. The minimum atomic E-state index is -0.546. The number of carbonyl (C=O) groups is 3. The molecule has 2 aliphatic rings. The van der Waals surface area contributed by atoms with Crippen molar-refractivity contribution in [2.45, 2.75) is 39.4 Å². The van der Waals surface area contributed by atoms with Crippen molar-refractivity contribution in [2.75, 3.05) is 46.3 Å². The van der Waals surface area contributed by atoms with Gasteiger partial charge in [0.05, 0.1) is 5.56 Å². The van der Waals surface area contributed by atoms with Gasteiger partial charge in [-0.25, -0.2) is 4.39 Å². The molecule has 0 spiro atoms. The lowest BCUT2D eigenvalue weighted by atomic mass is 10.0. The Labute approximate surface area is 228 Å². The third-order valence-electron chi connectivity index (χ3n) is 8.12. The highest BCUT2D eigenvalue weighted by atomic mass is 19.1. The van der Waals surface area contributed by atoms with Gasteiger partial charge in [0.2, 0.25) is 5.78 Å². The van der Waals surface area contributed by atoms with Gasteiger partial charge in [0.15, 0.2) is 0 Å². The number of carbonyl (C=O) groups excluding carboxylic acids is 3. The Balaban J connectivity index is 1.35. The minimum Gasteiger partial charge on any atom is -0.358 e. The fourth-order valence-corrected chi connectivity index (χ4v) is 5.69. The van der Waals surface area contributed by atoms with Crippen LogP contribution in [0.15, 0.2) is 42.5 Å². The number of benzene rings is 2. The van der Waals surface area contributed by atoms with E-state index in [1.165, 1.54) is 12.1 Å². The van der Waals surface area contributed by atoms with E-state index < -0.39 is 11.7 Å². The van der Waals surface area contributed by atoms with Gasteiger partial charge < -0.3 is 19.7 Å². The molecule has 0 bridgehead atoms. The van der Waals surface area contributed by atoms with E-state index in [2.05, 4.69) is 21.7 Å². The van der Waals surface area contributed by atoms with Crippen LogP contribution in [-0.4, -0.2) is 101 Å². The molecule has 8 nitrogen and oxygen atoms in total. The molecule has 206 valence electrons. The summed E-state index contributed by atoms with van der Waals surface area (Å²) >= 11 is 0. The van der Waals surface area contributed by atoms with E-state index in [9.17, 15) is 18.8 Å². The number of fused-ring (bicyclic) bond motifs is 1. The van der Waals surface area contributed by atoms with Crippen LogP contribution in [0.2, 0.25) is 0 Å². The second-order valence-electron chi connectivity index (χ2n) is 11.0. The largest absolute Gasteiger partial charge is 0.358 e. The number of halogens is 1. The number of ketones is 1. The van der Waals surface area contributed by atoms with Crippen LogP contribution in [0.1, 0.15) is 45.8 Å². The van der Waals surface area contributed by atoms with Gasteiger partial charge in [-0.1, -0.05) is 12.1 Å². The molecule has 2 aromatic carbocycles. The minimum absolute atomic E-state index is 0.0397. The van der Waals surface area contributed by atoms with Gasteiger partial charge >= 0.3 is 0 Å². The highest BCUT2D eigenvalue weighted by Gasteiger charge is 2.34. The third-order valence-corrected chi connectivity index (χ3v) is 8.12. The summed E-state index contributed by atoms with van der Waals surface area (Å²) in [5, 5.41) is 0.656. The van der Waals surface area contributed by atoms with E-state index in [0.717, 1.165) is 29.9 Å². The topological polar surface area (TPSA) is 80.0 Å². The molecule has 39 heavy (non-hydrogen) atoms. The van der Waals surface area contributed by atoms with Gasteiger partial charge in [-0.05, 0) is 63.7 Å². The predicted molar refractivity (Wildman–Crippen MR) is 148 cm³/mol. The molecule has 0 aliphatic carbocycles. The fourth-order valence-electron chi connectivity index (χ4n) is 5.69. The number of rotatable bonds is 5. The number of nitrogens with zero attached hydrogens (tertiary/aromatic N) is 4. The van der Waals surface area contributed by atoms with Crippen molar-refractivity contribution in [2.24, 2.45) is 0 Å². The van der Waals surface area contributed by atoms with Crippen molar-refractivity contribution in [3.63, 3.8) is 0 Å². The van der Waals surface area contributed by atoms with Crippen molar-refractivity contribution >= 4 is 28.5 Å². The fraction of sp³-hybridized carbons (Fsp3) is 0.433. The maximum Gasteiger partial charge on any atom is 0.295 e. The highest BCUT2D eigenvalue weighted by Crippen LogP contribution is 2.28. The molecule has 0 radical (unpaired) electrons. The Morgan fingerprint density at radius 2 is 1.64 bits per heavy atom. The Bertz CT molecular complexity index is 1390. The molecule has 1 N–H and O–H groups in total. The first-order chi connectivity index (χ1) is 18.6. The molecule has 9 heteroatoms. The van der Waals surface area contributed by atoms with E-state index in [1.807, 2.05) is 25.8 Å². The smallest absolute Gasteiger partial charge is 0.295 e. The number of aryl methyl sites for hydroxylation is 1. The molecule has 3 aromatic rings. The van der Waals surface area contributed by atoms with Crippen LogP contribution in [0, 0.1) is 12.7 Å². The number of nitrogens with one attached hydrogen (secondary N) is 1. The molecule has 2 atom stereocenters. The van der Waals surface area contributed by atoms with Crippen LogP contribution in [0.25, 0.3) is 10.9 Å². The SMILES string of the molecule is Cc1[nH]c2ccc(C(=O)C(=O)N3CCN(C)CC3)cc2c1C(=O)N1C[C@H](C)N(Cc2ccc(F)cc2)C[C@H]1C. The van der Waals surface area contributed by atoms with Gasteiger partial charge in [-0.3, -0.25) is 19.3 Å². The molecular weight excluding hydrogens is 497 g/mol. The van der Waals surface area contributed by atoms with Crippen LogP contribution in [0.5, 0.6) is 0 Å². The number of Topliss-reactive ketones (excluding diaryl/α,β-unsaturated/α-hetero) is 1. The van der Waals surface area contributed by atoms with Gasteiger partial charge in [0.25, 0.3) is 11.8 Å². The molecule has 2 fully saturated rings. The molecular formula is C30H36FN5O3. The standard InChI is InChI=1S/C30H36FN5O3/c1-19-17-36(20(2)16-35(19)18-22-5-8-24(31)9-6-22)29(38)27-21(3)32-26-10-7-23(15-25(26)27)28(37)30(39)34-13-11-33(4)12-14-34/h5-10,15,19-20,32H,11-14,16-18H2,1-4H3/t19-,20+/m0/s1. The average molecular weight is 534 g/mol. The van der Waals surface area contributed by atoms with Crippen molar-refractivity contribution in [1.29, 1.82) is 0 Å². The quantitative estimate of drug-likeness (QED) is 0.402. The van der Waals surface area contributed by atoms with Crippen molar-refractivity contribution in [1.82, 2.24) is 24.6 Å². The summed E-state index contributed by atoms with van der Waals surface area (Å²) in [7, 11) is 2.00. The van der Waals surface area contributed by atoms with E-state index in [4.69, 9.17) is 0 Å². The molecule has 2 aliphatic heterocycles. The number of hydrogen-bond donors (Lipinski definition) is 1. The lowest BCUT2D eigenvalue weighted by Gasteiger charge is -2.44. The summed E-state index contributed by atoms with van der Waals surface area (Å²) in [6.45, 7) is 10.5. The van der Waals surface area contributed by atoms with Gasteiger partial charge in [-0.15, -0.1) is 0 Å². The zero-order valence-corrected chi connectivity index (χ0v) is 23.0. The number of aromatic amines is 1. The van der Waals surface area contributed by atoms with Gasteiger partial charge in [0, 0.05) is 80.1 Å². The first-order valence-electron chi connectivity index (χ1n) is 13.6. The van der Waals surface area contributed by atoms with Crippen LogP contribution >= 0.6 is 0 Å². The molecule has 1 aromatic heterocycles. The van der Waals surface area contributed by atoms with Crippen molar-refractivity contribution in [3.8, 4) is 0 Å². The van der Waals surface area contributed by atoms with Crippen molar-refractivity contribution in [3.05, 3.63) is 70.7 Å². The number of H-pyrrole nitrogens is 1. The molecule has 5 rings (SSSR count). The van der Waals surface area contributed by atoms with E-state index in [-0.39, 0.29) is 23.8 Å². The second-order valence-corrected chi connectivity index (χ2v) is 11.0. The zero-order chi connectivity index (χ0) is 27.8. The molecule has 2 amide bonds. The van der Waals surface area contributed by atoms with Gasteiger partial charge in [-0.2, -0.15) is 0 Å². The second kappa shape index (κ2) is 10.9. The van der Waals surface area contributed by atoms with Crippen LogP contribution < -0.4 is 0 Å². The Kier molecular flexibility index (Phi) is 7.55. The summed E-state index contributed by atoms with van der Waals surface area (Å²) in [6.07, 6.45) is 0. The Morgan fingerprint density at radius 3 is 2.33 bits per heavy atom. The monoisotopic (exact) mass is 533 g/mol. The first-order valence-corrected chi connectivity index (χ1v) is 13.6. The number of hydrogen-bond acceptors (Lipinski definition) is 5. The highest BCUT2D eigenvalue weighted by molar-refractivity contribution is 6.43. The summed E-state index contributed by atoms with van der Waals surface area (Å²) in [4.78, 5) is 51.2. The number of amides is 2. The van der Waals surface area contributed by atoms with Crippen LogP contribution in [-0.2, 0) is 11.3 Å². The number of likely N-dealkylation sites (N-methyl/N-ethyl adjacent to an activating group) is 1. The molecule has 2 saturated heterocycles. The van der Waals surface area contributed by atoms with Crippen LogP contribution in [0.3, 0.4) is 0 Å². The predicted octanol–water partition coefficient (Wildman–Crippen LogP) is 3.31. The number of piperazine rings is 2. The lowest BCUT2D eigenvalue weighted by Crippen LogP contribution is -2.57. The molecule has 0 unspecified atom stereocenters. The first kappa shape index (κ1) is 27.0. The summed E-state index contributed by atoms with van der Waals surface area (Å²) in [6, 6.07) is 11.7. The summed E-state index contributed by atoms with van der Waals surface area (Å²) in [5.41, 5.74) is 3.36. The Morgan fingerprint density at radius 1 is 0.949 bits per heavy atom. The van der Waals surface area contributed by atoms with Crippen molar-refractivity contribution < 1.29 is 18.8 Å². The lowest BCUT2D eigenvalue weighted by molar-refractivity contribution is -0.127. The van der Waals surface area contributed by atoms with E-state index in [0.29, 0.717) is 49.2 Å². The summed E-state index contributed by atoms with van der Waals surface area (Å²) in [5.74, 6) is -1.38. The normalized spacial score (nSPS) is 20.9. The molecule has 3 heterocycles. The van der Waals surface area contributed by atoms with Crippen LogP contribution in [0.4, 0.5) is 4.39 Å². The van der Waals surface area contributed by atoms with E-state index >= 15 is 0 Å². The Hall–Kier alpha value is -3.56. The van der Waals surface area contributed by atoms with Gasteiger partial charge in [0.1, 0.15) is 5.82 Å². The third kappa shape index (κ3) is 5.46. The average Bonchev–Trinajstić information content (AvgIpc) is 3.25. The zero-order valence-electron chi connectivity index (χ0n) is 23.0. The van der Waals surface area contributed by atoms with E-state index in [1.54, 1.807) is 35.2 Å².